The summed E-state index contributed by atoms with van der Waals surface area (Å²) >= 11 is 11.6. The van der Waals surface area contributed by atoms with Crippen molar-refractivity contribution in [1.82, 2.24) is 9.21 Å². The minimum absolute atomic E-state index is 0.0677. The van der Waals surface area contributed by atoms with Crippen LogP contribution in [0.4, 0.5) is 0 Å². The maximum absolute atomic E-state index is 12.6. The Bertz CT molecular complexity index is 627. The SMILES string of the molecule is CC(C)N1CCN(S(=O)(=O)c2cc(Cl)cc(Cl)c2O)CC1. The lowest BCUT2D eigenvalue weighted by atomic mass is 10.3. The molecule has 1 aliphatic rings. The quantitative estimate of drug-likeness (QED) is 0.907. The minimum Gasteiger partial charge on any atom is -0.505 e. The van der Waals surface area contributed by atoms with E-state index in [1.54, 1.807) is 0 Å². The molecule has 1 aromatic rings. The zero-order valence-corrected chi connectivity index (χ0v) is 14.2. The molecule has 1 heterocycles. The molecule has 118 valence electrons. The fraction of sp³-hybridized carbons (Fsp3) is 0.538. The van der Waals surface area contributed by atoms with Gasteiger partial charge >= 0.3 is 0 Å². The molecule has 5 nitrogen and oxygen atoms in total. The molecule has 0 amide bonds. The first-order chi connectivity index (χ1) is 9.73. The van der Waals surface area contributed by atoms with Gasteiger partial charge in [0.05, 0.1) is 5.02 Å². The topological polar surface area (TPSA) is 60.9 Å². The van der Waals surface area contributed by atoms with Gasteiger partial charge in [-0.3, -0.25) is 4.90 Å². The Labute approximate surface area is 135 Å². The van der Waals surface area contributed by atoms with Gasteiger partial charge in [0.1, 0.15) is 4.90 Å². The van der Waals surface area contributed by atoms with Gasteiger partial charge in [-0.2, -0.15) is 4.31 Å². The van der Waals surface area contributed by atoms with Gasteiger partial charge in [0.25, 0.3) is 0 Å². The molecule has 1 aliphatic heterocycles. The van der Waals surface area contributed by atoms with Crippen molar-refractivity contribution < 1.29 is 13.5 Å². The van der Waals surface area contributed by atoms with E-state index in [2.05, 4.69) is 18.7 Å². The second-order valence-electron chi connectivity index (χ2n) is 5.27. The molecule has 0 spiro atoms. The molecule has 0 saturated carbocycles. The van der Waals surface area contributed by atoms with Gasteiger partial charge in [-0.15, -0.1) is 0 Å². The molecule has 8 heteroatoms. The van der Waals surface area contributed by atoms with Crippen LogP contribution < -0.4 is 0 Å². The van der Waals surface area contributed by atoms with Crippen LogP contribution >= 0.6 is 23.2 Å². The highest BCUT2D eigenvalue weighted by Crippen LogP contribution is 2.35. The van der Waals surface area contributed by atoms with Crippen LogP contribution in [-0.2, 0) is 10.0 Å². The van der Waals surface area contributed by atoms with E-state index in [-0.39, 0.29) is 14.9 Å². The van der Waals surface area contributed by atoms with Crippen molar-refractivity contribution in [2.24, 2.45) is 0 Å². The minimum atomic E-state index is -3.80. The van der Waals surface area contributed by atoms with Crippen LogP contribution in [0.3, 0.4) is 0 Å². The maximum atomic E-state index is 12.6. The van der Waals surface area contributed by atoms with Crippen LogP contribution in [0.2, 0.25) is 10.0 Å². The summed E-state index contributed by atoms with van der Waals surface area (Å²) in [6.45, 7) is 6.23. The smallest absolute Gasteiger partial charge is 0.246 e. The van der Waals surface area contributed by atoms with Gasteiger partial charge < -0.3 is 5.11 Å². The molecule has 0 aliphatic carbocycles. The summed E-state index contributed by atoms with van der Waals surface area (Å²) in [5.41, 5.74) is 0. The van der Waals surface area contributed by atoms with Crippen LogP contribution in [-0.4, -0.2) is 55.0 Å². The predicted molar refractivity (Wildman–Crippen MR) is 83.6 cm³/mol. The first kappa shape index (κ1) is 16.8. The molecule has 1 aromatic carbocycles. The molecule has 0 aromatic heterocycles. The van der Waals surface area contributed by atoms with Crippen molar-refractivity contribution in [3.8, 4) is 5.75 Å². The van der Waals surface area contributed by atoms with E-state index in [0.29, 0.717) is 32.2 Å². The average molecular weight is 353 g/mol. The summed E-state index contributed by atoms with van der Waals surface area (Å²) in [7, 11) is -3.80. The van der Waals surface area contributed by atoms with Gasteiger partial charge in [-0.25, -0.2) is 8.42 Å². The predicted octanol–water partition coefficient (Wildman–Crippen LogP) is 2.41. The molecule has 1 fully saturated rings. The van der Waals surface area contributed by atoms with Gasteiger partial charge in [0, 0.05) is 37.2 Å². The maximum Gasteiger partial charge on any atom is 0.246 e. The lowest BCUT2D eigenvalue weighted by Crippen LogP contribution is -2.50. The first-order valence-electron chi connectivity index (χ1n) is 6.65. The molecule has 1 saturated heterocycles. The van der Waals surface area contributed by atoms with Gasteiger partial charge in [0.2, 0.25) is 10.0 Å². The second kappa shape index (κ2) is 6.30. The van der Waals surface area contributed by atoms with Gasteiger partial charge in [-0.1, -0.05) is 23.2 Å². The molecule has 0 radical (unpaired) electrons. The third-order valence-corrected chi connectivity index (χ3v) is 6.03. The van der Waals surface area contributed by atoms with Gasteiger partial charge in [-0.05, 0) is 26.0 Å². The van der Waals surface area contributed by atoms with E-state index in [1.165, 1.54) is 16.4 Å². The summed E-state index contributed by atoms with van der Waals surface area (Å²) in [5.74, 6) is -0.452. The van der Waals surface area contributed by atoms with Crippen LogP contribution in [0.5, 0.6) is 5.75 Å². The van der Waals surface area contributed by atoms with E-state index < -0.39 is 15.8 Å². The summed E-state index contributed by atoms with van der Waals surface area (Å²) < 4.78 is 26.6. The normalized spacial score (nSPS) is 18.3. The number of piperazine rings is 1. The van der Waals surface area contributed by atoms with E-state index in [4.69, 9.17) is 23.2 Å². The molecule has 1 N–H and O–H groups in total. The number of phenols is 1. The lowest BCUT2D eigenvalue weighted by Gasteiger charge is -2.36. The number of benzene rings is 1. The highest BCUT2D eigenvalue weighted by molar-refractivity contribution is 7.89. The second-order valence-corrected chi connectivity index (χ2v) is 8.02. The van der Waals surface area contributed by atoms with E-state index in [1.807, 2.05) is 0 Å². The fourth-order valence-electron chi connectivity index (χ4n) is 2.34. The Kier molecular flexibility index (Phi) is 5.05. The summed E-state index contributed by atoms with van der Waals surface area (Å²) in [6, 6.07) is 2.92. The fourth-order valence-corrected chi connectivity index (χ4v) is 4.50. The van der Waals surface area contributed by atoms with E-state index in [0.717, 1.165) is 0 Å². The van der Waals surface area contributed by atoms with Gasteiger partial charge in [0.15, 0.2) is 5.75 Å². The third-order valence-electron chi connectivity index (χ3n) is 3.61. The summed E-state index contributed by atoms with van der Waals surface area (Å²) in [4.78, 5) is 1.97. The molecule has 21 heavy (non-hydrogen) atoms. The Morgan fingerprint density at radius 3 is 2.24 bits per heavy atom. The zero-order chi connectivity index (χ0) is 15.8. The monoisotopic (exact) mass is 352 g/mol. The number of nitrogens with zero attached hydrogens (tertiary/aromatic N) is 2. The summed E-state index contributed by atoms with van der Waals surface area (Å²) in [6.07, 6.45) is 0. The lowest BCUT2D eigenvalue weighted by molar-refractivity contribution is 0.154. The van der Waals surface area contributed by atoms with Crippen molar-refractivity contribution >= 4 is 33.2 Å². The van der Waals surface area contributed by atoms with Crippen LogP contribution in [0, 0.1) is 0 Å². The first-order valence-corrected chi connectivity index (χ1v) is 8.85. The van der Waals surface area contributed by atoms with Crippen LogP contribution in [0.1, 0.15) is 13.8 Å². The largest absolute Gasteiger partial charge is 0.505 e. The molecular formula is C13H18Cl2N2O3S. The van der Waals surface area contributed by atoms with E-state index >= 15 is 0 Å². The molecule has 0 unspecified atom stereocenters. The number of aromatic hydroxyl groups is 1. The van der Waals surface area contributed by atoms with Crippen LogP contribution in [0.25, 0.3) is 0 Å². The van der Waals surface area contributed by atoms with Crippen molar-refractivity contribution in [3.05, 3.63) is 22.2 Å². The van der Waals surface area contributed by atoms with Crippen molar-refractivity contribution in [2.75, 3.05) is 26.2 Å². The standard InChI is InChI=1S/C13H18Cl2N2O3S/c1-9(2)16-3-5-17(6-4-16)21(19,20)12-8-10(14)7-11(15)13(12)18/h7-9,18H,3-6H2,1-2H3. The third kappa shape index (κ3) is 3.46. The number of hydrogen-bond donors (Lipinski definition) is 1. The Balaban J connectivity index is 2.28. The Morgan fingerprint density at radius 2 is 1.71 bits per heavy atom. The number of halogens is 2. The molecule has 2 rings (SSSR count). The van der Waals surface area contributed by atoms with Crippen LogP contribution in [0.15, 0.2) is 17.0 Å². The number of rotatable bonds is 3. The highest BCUT2D eigenvalue weighted by atomic mass is 35.5. The summed E-state index contributed by atoms with van der Waals surface area (Å²) in [5, 5.41) is 10.0. The van der Waals surface area contributed by atoms with E-state index in [9.17, 15) is 13.5 Å². The zero-order valence-electron chi connectivity index (χ0n) is 11.9. The van der Waals surface area contributed by atoms with Crippen molar-refractivity contribution in [2.45, 2.75) is 24.8 Å². The number of sulfonamides is 1. The van der Waals surface area contributed by atoms with Crippen molar-refractivity contribution in [3.63, 3.8) is 0 Å². The number of hydrogen-bond acceptors (Lipinski definition) is 4. The average Bonchev–Trinajstić information content (AvgIpc) is 2.42. The van der Waals surface area contributed by atoms with Crippen molar-refractivity contribution in [1.29, 1.82) is 0 Å². The Hall–Kier alpha value is -0.530. The Morgan fingerprint density at radius 1 is 1.14 bits per heavy atom. The molecular weight excluding hydrogens is 335 g/mol. The highest BCUT2D eigenvalue weighted by Gasteiger charge is 2.32. The number of phenolic OH excluding ortho intramolecular Hbond substituents is 1. The molecule has 0 atom stereocenters. The molecule has 0 bridgehead atoms.